The summed E-state index contributed by atoms with van der Waals surface area (Å²) in [5.74, 6) is -2.61. The van der Waals surface area contributed by atoms with Crippen LogP contribution in [-0.2, 0) is 19.2 Å². The molecule has 0 bridgehead atoms. The topological polar surface area (TPSA) is 197 Å². The molecule has 11 nitrogen and oxygen atoms in total. The fourth-order valence-corrected chi connectivity index (χ4v) is 2.72. The Kier molecular flexibility index (Phi) is 14.1. The summed E-state index contributed by atoms with van der Waals surface area (Å²) in [6.07, 6.45) is 3.55. The van der Waals surface area contributed by atoms with Crippen molar-refractivity contribution in [2.24, 2.45) is 11.5 Å². The van der Waals surface area contributed by atoms with Gasteiger partial charge >= 0.3 is 5.97 Å². The Morgan fingerprint density at radius 3 is 1.96 bits per heavy atom. The van der Waals surface area contributed by atoms with Gasteiger partial charge in [-0.15, -0.1) is 0 Å². The third kappa shape index (κ3) is 10.4. The number of carbonyl (C=O) groups is 4. The van der Waals surface area contributed by atoms with E-state index in [1.807, 2.05) is 6.26 Å². The van der Waals surface area contributed by atoms with E-state index in [4.69, 9.17) is 21.7 Å². The smallest absolute Gasteiger partial charge is 0.328 e. The van der Waals surface area contributed by atoms with Gasteiger partial charge in [-0.25, -0.2) is 4.79 Å². The standard InChI is InChI=1S/C16H31N5O6S/c1-28-7-5-11(19-13(23)8-18)15(25)20-10(4-2-3-6-17)14(24)21-12(9-22)16(26)27/h10-12,22H,2-9,17-18H2,1H3,(H,19,23)(H,20,25)(H,21,24)(H,26,27). The van der Waals surface area contributed by atoms with Gasteiger partial charge in [-0.3, -0.25) is 14.4 Å². The summed E-state index contributed by atoms with van der Waals surface area (Å²) in [4.78, 5) is 47.6. The van der Waals surface area contributed by atoms with Crippen LogP contribution in [0.1, 0.15) is 25.7 Å². The number of nitrogens with one attached hydrogen (secondary N) is 3. The highest BCUT2D eigenvalue weighted by molar-refractivity contribution is 7.98. The van der Waals surface area contributed by atoms with Crippen LogP contribution in [-0.4, -0.2) is 83.7 Å². The molecule has 0 spiro atoms. The normalized spacial score (nSPS) is 13.9. The predicted molar refractivity (Wildman–Crippen MR) is 105 cm³/mol. The third-order valence-corrected chi connectivity index (χ3v) is 4.47. The Hall–Kier alpha value is -1.89. The molecule has 0 fully saturated rings. The second-order valence-corrected chi connectivity index (χ2v) is 7.02. The van der Waals surface area contributed by atoms with Gasteiger partial charge < -0.3 is 37.6 Å². The largest absolute Gasteiger partial charge is 0.480 e. The molecule has 3 amide bonds. The Bertz CT molecular complexity index is 522. The second kappa shape index (κ2) is 15.1. The van der Waals surface area contributed by atoms with Crippen molar-refractivity contribution >= 4 is 35.5 Å². The number of rotatable bonds is 15. The molecule has 0 aromatic heterocycles. The monoisotopic (exact) mass is 421 g/mol. The molecule has 0 aliphatic heterocycles. The van der Waals surface area contributed by atoms with Crippen molar-refractivity contribution in [1.29, 1.82) is 0 Å². The number of aliphatic hydroxyl groups excluding tert-OH is 1. The quantitative estimate of drug-likeness (QED) is 0.138. The highest BCUT2D eigenvalue weighted by Crippen LogP contribution is 2.05. The van der Waals surface area contributed by atoms with E-state index < -0.39 is 48.4 Å². The maximum atomic E-state index is 12.6. The zero-order valence-corrected chi connectivity index (χ0v) is 16.8. The van der Waals surface area contributed by atoms with Crippen LogP contribution in [0.5, 0.6) is 0 Å². The number of aliphatic hydroxyl groups is 1. The maximum absolute atomic E-state index is 12.6. The number of amides is 3. The van der Waals surface area contributed by atoms with E-state index in [0.29, 0.717) is 31.6 Å². The fourth-order valence-electron chi connectivity index (χ4n) is 2.25. The summed E-state index contributed by atoms with van der Waals surface area (Å²) in [5.41, 5.74) is 10.7. The van der Waals surface area contributed by atoms with Crippen LogP contribution in [0.3, 0.4) is 0 Å². The van der Waals surface area contributed by atoms with Gasteiger partial charge in [0.05, 0.1) is 13.2 Å². The van der Waals surface area contributed by atoms with Crippen LogP contribution in [0.15, 0.2) is 0 Å². The summed E-state index contributed by atoms with van der Waals surface area (Å²) in [5, 5.41) is 25.3. The molecule has 0 aromatic rings. The van der Waals surface area contributed by atoms with Crippen molar-refractivity contribution in [3.05, 3.63) is 0 Å². The SMILES string of the molecule is CSCCC(NC(=O)CN)C(=O)NC(CCCCN)C(=O)NC(CO)C(=O)O. The third-order valence-electron chi connectivity index (χ3n) is 3.82. The highest BCUT2D eigenvalue weighted by atomic mass is 32.2. The van der Waals surface area contributed by atoms with Gasteiger partial charge in [-0.2, -0.15) is 11.8 Å². The summed E-state index contributed by atoms with van der Waals surface area (Å²) in [7, 11) is 0. The molecule has 0 saturated heterocycles. The molecule has 0 saturated carbocycles. The molecule has 0 aromatic carbocycles. The van der Waals surface area contributed by atoms with Gasteiger partial charge in [0.2, 0.25) is 17.7 Å². The fraction of sp³-hybridized carbons (Fsp3) is 0.750. The molecule has 0 aliphatic rings. The molecule has 0 rings (SSSR count). The zero-order valence-electron chi connectivity index (χ0n) is 16.0. The Balaban J connectivity index is 5.18. The van der Waals surface area contributed by atoms with Gasteiger partial charge in [0.25, 0.3) is 0 Å². The van der Waals surface area contributed by atoms with E-state index in [1.165, 1.54) is 11.8 Å². The van der Waals surface area contributed by atoms with Crippen molar-refractivity contribution in [2.75, 3.05) is 31.7 Å². The molecule has 0 heterocycles. The molecule has 162 valence electrons. The van der Waals surface area contributed by atoms with E-state index in [1.54, 1.807) is 0 Å². The first-order valence-electron chi connectivity index (χ1n) is 8.93. The molecule has 12 heteroatoms. The van der Waals surface area contributed by atoms with Crippen LogP contribution in [0.4, 0.5) is 0 Å². The molecule has 3 unspecified atom stereocenters. The molecular formula is C16H31N5O6S. The van der Waals surface area contributed by atoms with E-state index in [2.05, 4.69) is 16.0 Å². The Morgan fingerprint density at radius 1 is 0.929 bits per heavy atom. The van der Waals surface area contributed by atoms with Gasteiger partial charge in [-0.1, -0.05) is 0 Å². The Labute approximate surface area is 168 Å². The number of carboxylic acids is 1. The van der Waals surface area contributed by atoms with Crippen LogP contribution < -0.4 is 27.4 Å². The van der Waals surface area contributed by atoms with Gasteiger partial charge in [-0.05, 0) is 44.2 Å². The van der Waals surface area contributed by atoms with E-state index in [-0.39, 0.29) is 13.0 Å². The lowest BCUT2D eigenvalue weighted by molar-refractivity contribution is -0.143. The summed E-state index contributed by atoms with van der Waals surface area (Å²) in [6, 6.07) is -3.38. The molecule has 0 aliphatic carbocycles. The van der Waals surface area contributed by atoms with E-state index in [0.717, 1.165) is 0 Å². The zero-order chi connectivity index (χ0) is 21.5. The average Bonchev–Trinajstić information content (AvgIpc) is 2.67. The van der Waals surface area contributed by atoms with Gasteiger partial charge in [0.15, 0.2) is 0 Å². The van der Waals surface area contributed by atoms with Crippen molar-refractivity contribution in [1.82, 2.24) is 16.0 Å². The van der Waals surface area contributed by atoms with Crippen molar-refractivity contribution in [3.63, 3.8) is 0 Å². The van der Waals surface area contributed by atoms with Crippen LogP contribution >= 0.6 is 11.8 Å². The number of carboxylic acid groups (broad SMARTS) is 1. The number of aliphatic carboxylic acids is 1. The van der Waals surface area contributed by atoms with Crippen LogP contribution in [0.2, 0.25) is 0 Å². The molecular weight excluding hydrogens is 390 g/mol. The first-order chi connectivity index (χ1) is 13.3. The molecule has 3 atom stereocenters. The predicted octanol–water partition coefficient (Wildman–Crippen LogP) is -2.64. The summed E-state index contributed by atoms with van der Waals surface area (Å²) < 4.78 is 0. The second-order valence-electron chi connectivity index (χ2n) is 6.03. The van der Waals surface area contributed by atoms with Gasteiger partial charge in [0.1, 0.15) is 18.1 Å². The highest BCUT2D eigenvalue weighted by Gasteiger charge is 2.28. The average molecular weight is 422 g/mol. The van der Waals surface area contributed by atoms with E-state index in [9.17, 15) is 19.2 Å². The minimum Gasteiger partial charge on any atom is -0.480 e. The van der Waals surface area contributed by atoms with E-state index >= 15 is 0 Å². The number of hydrogen-bond donors (Lipinski definition) is 7. The molecule has 9 N–H and O–H groups in total. The van der Waals surface area contributed by atoms with Crippen molar-refractivity contribution in [2.45, 2.75) is 43.8 Å². The van der Waals surface area contributed by atoms with Crippen LogP contribution in [0.25, 0.3) is 0 Å². The number of carbonyl (C=O) groups excluding carboxylic acids is 3. The summed E-state index contributed by atoms with van der Waals surface area (Å²) in [6.45, 7) is -0.659. The van der Waals surface area contributed by atoms with Gasteiger partial charge in [0, 0.05) is 0 Å². The molecule has 0 radical (unpaired) electrons. The lowest BCUT2D eigenvalue weighted by Gasteiger charge is -2.24. The number of unbranched alkanes of at least 4 members (excludes halogenated alkanes) is 1. The number of nitrogens with two attached hydrogens (primary N) is 2. The van der Waals surface area contributed by atoms with Crippen molar-refractivity contribution < 1.29 is 29.4 Å². The first-order valence-corrected chi connectivity index (χ1v) is 10.3. The minimum absolute atomic E-state index is 0.229. The lowest BCUT2D eigenvalue weighted by atomic mass is 10.1. The lowest BCUT2D eigenvalue weighted by Crippen LogP contribution is -2.56. The number of thioether (sulfide) groups is 1. The minimum atomic E-state index is -1.48. The number of hydrogen-bond acceptors (Lipinski definition) is 8. The summed E-state index contributed by atoms with van der Waals surface area (Å²) >= 11 is 1.49. The molecule has 28 heavy (non-hydrogen) atoms. The van der Waals surface area contributed by atoms with Crippen LogP contribution in [0, 0.1) is 0 Å². The maximum Gasteiger partial charge on any atom is 0.328 e. The first kappa shape index (κ1) is 26.1. The Morgan fingerprint density at radius 2 is 1.50 bits per heavy atom. The van der Waals surface area contributed by atoms with Crippen molar-refractivity contribution in [3.8, 4) is 0 Å².